The summed E-state index contributed by atoms with van der Waals surface area (Å²) in [5, 5.41) is 0.872. The number of hydrogen-bond acceptors (Lipinski definition) is 8. The standard InChI is InChI=1S/C36H30F2N2O6/c1-19(39)31(27-15-23(37)13-25-29(17-43-33(25)27)21-9-5-3-6-10-21)45-35(41)36(42)46-32(20(2)40)28-16-24(38)14-26-30(18-44-34(26)28)22-11-7-4-8-12-22/h3-20,31-32H,39-40H2,1-2H3. The predicted molar refractivity (Wildman–Crippen MR) is 168 cm³/mol. The lowest BCUT2D eigenvalue weighted by Crippen LogP contribution is -2.35. The first-order chi connectivity index (χ1) is 22.1. The minimum atomic E-state index is -1.41. The highest BCUT2D eigenvalue weighted by atomic mass is 19.1. The molecule has 0 saturated heterocycles. The van der Waals surface area contributed by atoms with Crippen LogP contribution in [0.1, 0.15) is 37.2 Å². The number of hydrogen-bond donors (Lipinski definition) is 2. The number of carbonyl (C=O) groups is 2. The molecule has 0 saturated carbocycles. The van der Waals surface area contributed by atoms with Crippen LogP contribution in [-0.4, -0.2) is 24.0 Å². The van der Waals surface area contributed by atoms with Gasteiger partial charge in [-0.15, -0.1) is 0 Å². The molecule has 234 valence electrons. The molecular formula is C36H30F2N2O6. The van der Waals surface area contributed by atoms with Crippen molar-refractivity contribution in [3.05, 3.63) is 120 Å². The fourth-order valence-electron chi connectivity index (χ4n) is 5.60. The summed E-state index contributed by atoms with van der Waals surface area (Å²) in [4.78, 5) is 26.3. The molecule has 0 bridgehead atoms. The van der Waals surface area contributed by atoms with Gasteiger partial charge in [-0.2, -0.15) is 0 Å². The zero-order chi connectivity index (χ0) is 32.5. The summed E-state index contributed by atoms with van der Waals surface area (Å²) in [6, 6.07) is 21.6. The molecule has 4 N–H and O–H groups in total. The smallest absolute Gasteiger partial charge is 0.418 e. The fraction of sp³-hybridized carbons (Fsp3) is 0.167. The van der Waals surface area contributed by atoms with Gasteiger partial charge < -0.3 is 29.8 Å². The van der Waals surface area contributed by atoms with E-state index >= 15 is 0 Å². The summed E-state index contributed by atoms with van der Waals surface area (Å²) in [5.41, 5.74) is 15.9. The van der Waals surface area contributed by atoms with Gasteiger partial charge in [-0.25, -0.2) is 18.4 Å². The molecule has 2 heterocycles. The van der Waals surface area contributed by atoms with Crippen molar-refractivity contribution in [3.8, 4) is 22.3 Å². The van der Waals surface area contributed by atoms with Crippen LogP contribution in [0.2, 0.25) is 0 Å². The van der Waals surface area contributed by atoms with Crippen LogP contribution in [0.15, 0.2) is 106 Å². The topological polar surface area (TPSA) is 131 Å². The number of esters is 2. The molecule has 4 unspecified atom stereocenters. The lowest BCUT2D eigenvalue weighted by molar-refractivity contribution is -0.175. The number of benzene rings is 4. The maximum atomic E-state index is 14.9. The van der Waals surface area contributed by atoms with Crippen LogP contribution in [-0.2, 0) is 19.1 Å². The summed E-state index contributed by atoms with van der Waals surface area (Å²) < 4.78 is 52.6. The molecule has 0 fully saturated rings. The van der Waals surface area contributed by atoms with Gasteiger partial charge in [0, 0.05) is 45.1 Å². The molecule has 8 nitrogen and oxygen atoms in total. The molecular weight excluding hydrogens is 594 g/mol. The Morgan fingerprint density at radius 3 is 1.35 bits per heavy atom. The number of halogens is 2. The number of fused-ring (bicyclic) bond motifs is 2. The number of nitrogens with two attached hydrogens (primary N) is 2. The van der Waals surface area contributed by atoms with Gasteiger partial charge in [0.2, 0.25) is 0 Å². The van der Waals surface area contributed by atoms with E-state index in [1.54, 1.807) is 0 Å². The Bertz CT molecular complexity index is 1890. The summed E-state index contributed by atoms with van der Waals surface area (Å²) >= 11 is 0. The van der Waals surface area contributed by atoms with Gasteiger partial charge >= 0.3 is 11.9 Å². The van der Waals surface area contributed by atoms with E-state index in [1.165, 1.54) is 38.5 Å². The van der Waals surface area contributed by atoms with Gasteiger partial charge in [0.15, 0.2) is 0 Å². The Hall–Kier alpha value is -5.32. The van der Waals surface area contributed by atoms with Gasteiger partial charge in [-0.3, -0.25) is 0 Å². The van der Waals surface area contributed by atoms with E-state index < -0.39 is 47.9 Å². The minimum Gasteiger partial charge on any atom is -0.463 e. The average Bonchev–Trinajstić information content (AvgIpc) is 3.66. The Kier molecular flexibility index (Phi) is 8.40. The van der Waals surface area contributed by atoms with E-state index in [9.17, 15) is 18.4 Å². The lowest BCUT2D eigenvalue weighted by Gasteiger charge is -2.24. The van der Waals surface area contributed by atoms with Crippen molar-refractivity contribution in [2.75, 3.05) is 0 Å². The predicted octanol–water partition coefficient (Wildman–Crippen LogP) is 7.35. The minimum absolute atomic E-state index is 0.132. The second kappa shape index (κ2) is 12.6. The van der Waals surface area contributed by atoms with Crippen molar-refractivity contribution < 1.29 is 36.7 Å². The van der Waals surface area contributed by atoms with Crippen LogP contribution in [0.25, 0.3) is 44.2 Å². The summed E-state index contributed by atoms with van der Waals surface area (Å²) in [6.07, 6.45) is 0.367. The Balaban J connectivity index is 1.29. The average molecular weight is 625 g/mol. The summed E-state index contributed by atoms with van der Waals surface area (Å²) in [7, 11) is 0. The third-order valence-electron chi connectivity index (χ3n) is 7.71. The van der Waals surface area contributed by atoms with E-state index in [2.05, 4.69) is 0 Å². The summed E-state index contributed by atoms with van der Waals surface area (Å²) in [5.74, 6) is -4.05. The second-order valence-electron chi connectivity index (χ2n) is 11.1. The van der Waals surface area contributed by atoms with E-state index in [4.69, 9.17) is 29.8 Å². The zero-order valence-electron chi connectivity index (χ0n) is 24.9. The van der Waals surface area contributed by atoms with Crippen molar-refractivity contribution in [1.29, 1.82) is 0 Å². The molecule has 0 spiro atoms. The van der Waals surface area contributed by atoms with E-state index in [-0.39, 0.29) is 22.3 Å². The number of ether oxygens (including phenoxy) is 2. The maximum absolute atomic E-state index is 14.9. The van der Waals surface area contributed by atoms with Gasteiger partial charge in [-0.1, -0.05) is 60.7 Å². The van der Waals surface area contributed by atoms with Crippen LogP contribution < -0.4 is 11.5 Å². The van der Waals surface area contributed by atoms with Crippen LogP contribution >= 0.6 is 0 Å². The highest BCUT2D eigenvalue weighted by molar-refractivity contribution is 6.29. The van der Waals surface area contributed by atoms with Gasteiger partial charge in [-0.05, 0) is 49.2 Å². The third kappa shape index (κ3) is 5.88. The second-order valence-corrected chi connectivity index (χ2v) is 11.1. The number of furan rings is 2. The first-order valence-corrected chi connectivity index (χ1v) is 14.6. The molecule has 4 atom stereocenters. The van der Waals surface area contributed by atoms with Gasteiger partial charge in [0.25, 0.3) is 0 Å². The fourth-order valence-corrected chi connectivity index (χ4v) is 5.60. The molecule has 0 aliphatic carbocycles. The number of carbonyl (C=O) groups excluding carboxylic acids is 2. The molecule has 0 radical (unpaired) electrons. The normalized spacial score (nSPS) is 14.1. The van der Waals surface area contributed by atoms with E-state index in [1.807, 2.05) is 60.7 Å². The van der Waals surface area contributed by atoms with Crippen molar-refractivity contribution in [1.82, 2.24) is 0 Å². The van der Waals surface area contributed by atoms with Gasteiger partial charge in [0.1, 0.15) is 35.0 Å². The maximum Gasteiger partial charge on any atom is 0.418 e. The van der Waals surface area contributed by atoms with Crippen molar-refractivity contribution in [2.24, 2.45) is 11.5 Å². The van der Waals surface area contributed by atoms with E-state index in [0.717, 1.165) is 23.3 Å². The number of rotatable bonds is 8. The third-order valence-corrected chi connectivity index (χ3v) is 7.71. The van der Waals surface area contributed by atoms with Crippen LogP contribution in [0, 0.1) is 11.6 Å². The monoisotopic (exact) mass is 624 g/mol. The molecule has 4 aromatic carbocycles. The Labute approximate surface area is 262 Å². The highest BCUT2D eigenvalue weighted by Crippen LogP contribution is 2.39. The van der Waals surface area contributed by atoms with Crippen molar-refractivity contribution in [3.63, 3.8) is 0 Å². The largest absolute Gasteiger partial charge is 0.463 e. The molecule has 0 amide bonds. The molecule has 2 aromatic heterocycles. The molecule has 0 aliphatic heterocycles. The highest BCUT2D eigenvalue weighted by Gasteiger charge is 2.33. The molecule has 46 heavy (non-hydrogen) atoms. The van der Waals surface area contributed by atoms with Crippen LogP contribution in [0.5, 0.6) is 0 Å². The molecule has 10 heteroatoms. The first-order valence-electron chi connectivity index (χ1n) is 14.6. The van der Waals surface area contributed by atoms with E-state index in [0.29, 0.717) is 21.9 Å². The Morgan fingerprint density at radius 2 is 1.00 bits per heavy atom. The van der Waals surface area contributed by atoms with Crippen LogP contribution in [0.3, 0.4) is 0 Å². The van der Waals surface area contributed by atoms with Gasteiger partial charge in [0.05, 0.1) is 12.5 Å². The molecule has 6 aromatic rings. The van der Waals surface area contributed by atoms with Crippen molar-refractivity contribution >= 4 is 33.9 Å². The van der Waals surface area contributed by atoms with Crippen molar-refractivity contribution in [2.45, 2.75) is 38.1 Å². The lowest BCUT2D eigenvalue weighted by atomic mass is 9.98. The Morgan fingerprint density at radius 1 is 0.630 bits per heavy atom. The molecule has 0 aliphatic rings. The SMILES string of the molecule is CC(N)C(OC(=O)C(=O)OC(c1cc(F)cc2c(-c3ccccc3)coc12)C(C)N)c1cc(F)cc2c(-c3ccccc3)coc12. The summed E-state index contributed by atoms with van der Waals surface area (Å²) in [6.45, 7) is 3.08. The molecule has 6 rings (SSSR count). The first kappa shape index (κ1) is 30.7. The van der Waals surface area contributed by atoms with Crippen LogP contribution in [0.4, 0.5) is 8.78 Å². The zero-order valence-corrected chi connectivity index (χ0v) is 24.9. The quantitative estimate of drug-likeness (QED) is 0.133.